The van der Waals surface area contributed by atoms with Crippen molar-refractivity contribution in [2.24, 2.45) is 0 Å². The molecule has 6 nitrogen and oxygen atoms in total. The summed E-state index contributed by atoms with van der Waals surface area (Å²) >= 11 is 6.31. The van der Waals surface area contributed by atoms with Crippen LogP contribution in [0, 0.1) is 0 Å². The Bertz CT molecular complexity index is 1000. The van der Waals surface area contributed by atoms with Crippen molar-refractivity contribution >= 4 is 33.2 Å². The van der Waals surface area contributed by atoms with Crippen LogP contribution < -0.4 is 5.32 Å². The summed E-state index contributed by atoms with van der Waals surface area (Å²) in [7, 11) is -3.67. The average Bonchev–Trinajstić information content (AvgIpc) is 2.75. The van der Waals surface area contributed by atoms with Crippen LogP contribution in [0.5, 0.6) is 0 Å². The quantitative estimate of drug-likeness (QED) is 0.748. The molecule has 0 saturated carbocycles. The molecule has 0 spiro atoms. The first-order chi connectivity index (χ1) is 13.9. The molecular formula is C21H25ClN2O4S. The van der Waals surface area contributed by atoms with Crippen LogP contribution in [-0.4, -0.2) is 44.9 Å². The van der Waals surface area contributed by atoms with Crippen molar-refractivity contribution < 1.29 is 17.9 Å². The van der Waals surface area contributed by atoms with Gasteiger partial charge in [-0.3, -0.25) is 4.79 Å². The number of nitrogens with zero attached hydrogens (tertiary/aromatic N) is 1. The van der Waals surface area contributed by atoms with Gasteiger partial charge in [-0.25, -0.2) is 8.42 Å². The van der Waals surface area contributed by atoms with E-state index in [1.807, 2.05) is 26.0 Å². The number of anilines is 1. The van der Waals surface area contributed by atoms with Gasteiger partial charge in [0, 0.05) is 29.4 Å². The second-order valence-electron chi connectivity index (χ2n) is 6.77. The smallest absolute Gasteiger partial charge is 0.255 e. The lowest BCUT2D eigenvalue weighted by atomic mass is 10.0. The zero-order chi connectivity index (χ0) is 21.0. The molecule has 0 aromatic heterocycles. The van der Waals surface area contributed by atoms with Crippen molar-refractivity contribution in [1.29, 1.82) is 0 Å². The van der Waals surface area contributed by atoms with Crippen molar-refractivity contribution in [3.8, 4) is 0 Å². The highest BCUT2D eigenvalue weighted by Crippen LogP contribution is 2.30. The number of amides is 1. The van der Waals surface area contributed by atoms with Crippen molar-refractivity contribution in [1.82, 2.24) is 4.31 Å². The molecule has 0 unspecified atom stereocenters. The highest BCUT2D eigenvalue weighted by molar-refractivity contribution is 7.89. The number of carbonyl (C=O) groups is 1. The molecule has 2 aromatic carbocycles. The van der Waals surface area contributed by atoms with E-state index in [-0.39, 0.29) is 16.4 Å². The molecule has 1 saturated heterocycles. The number of ether oxygens (including phenoxy) is 1. The molecule has 1 aliphatic rings. The zero-order valence-electron chi connectivity index (χ0n) is 16.6. The molecule has 8 heteroatoms. The topological polar surface area (TPSA) is 75.7 Å². The number of rotatable bonds is 6. The highest BCUT2D eigenvalue weighted by Gasteiger charge is 2.27. The first-order valence-corrected chi connectivity index (χ1v) is 11.5. The van der Waals surface area contributed by atoms with Crippen molar-refractivity contribution in [3.05, 3.63) is 58.1 Å². The van der Waals surface area contributed by atoms with Crippen LogP contribution in [0.15, 0.2) is 41.3 Å². The van der Waals surface area contributed by atoms with Crippen LogP contribution in [0.2, 0.25) is 5.02 Å². The SMILES string of the molecule is CCc1ccc(Cl)c(CC)c1NC(=O)c1cccc(S(=O)(=O)N2CCOCC2)c1. The van der Waals surface area contributed by atoms with Gasteiger partial charge in [0.2, 0.25) is 10.0 Å². The van der Waals surface area contributed by atoms with Gasteiger partial charge in [0.15, 0.2) is 0 Å². The van der Waals surface area contributed by atoms with E-state index in [0.717, 1.165) is 17.5 Å². The molecule has 1 N–H and O–H groups in total. The van der Waals surface area contributed by atoms with E-state index in [0.29, 0.717) is 43.4 Å². The van der Waals surface area contributed by atoms with Gasteiger partial charge in [0.05, 0.1) is 18.1 Å². The number of hydrogen-bond donors (Lipinski definition) is 1. The molecule has 1 heterocycles. The molecule has 3 rings (SSSR count). The third kappa shape index (κ3) is 4.64. The van der Waals surface area contributed by atoms with Gasteiger partial charge in [-0.15, -0.1) is 0 Å². The summed E-state index contributed by atoms with van der Waals surface area (Å²) in [5.41, 5.74) is 2.84. The minimum absolute atomic E-state index is 0.101. The molecule has 1 fully saturated rings. The molecular weight excluding hydrogens is 412 g/mol. The molecule has 1 aliphatic heterocycles. The lowest BCUT2D eigenvalue weighted by Crippen LogP contribution is -2.40. The molecule has 1 amide bonds. The standard InChI is InChI=1S/C21H25ClN2O4S/c1-3-15-8-9-19(22)18(4-2)20(15)23-21(25)16-6-5-7-17(14-16)29(26,27)24-10-12-28-13-11-24/h5-9,14H,3-4,10-13H2,1-2H3,(H,23,25). The second-order valence-corrected chi connectivity index (χ2v) is 9.11. The Kier molecular flexibility index (Phi) is 6.95. The highest BCUT2D eigenvalue weighted by atomic mass is 35.5. The van der Waals surface area contributed by atoms with Gasteiger partial charge < -0.3 is 10.1 Å². The Hall–Kier alpha value is -1.93. The second kappa shape index (κ2) is 9.26. The van der Waals surface area contributed by atoms with Crippen molar-refractivity contribution in [2.75, 3.05) is 31.6 Å². The Labute approximate surface area is 176 Å². The van der Waals surface area contributed by atoms with E-state index < -0.39 is 10.0 Å². The third-order valence-electron chi connectivity index (χ3n) is 5.02. The summed E-state index contributed by atoms with van der Waals surface area (Å²) in [5.74, 6) is -0.365. The Morgan fingerprint density at radius 1 is 1.14 bits per heavy atom. The maximum atomic E-state index is 12.9. The number of hydrogen-bond acceptors (Lipinski definition) is 4. The summed E-state index contributed by atoms with van der Waals surface area (Å²) in [4.78, 5) is 13.0. The van der Waals surface area contributed by atoms with Crippen LogP contribution in [0.25, 0.3) is 0 Å². The molecule has 29 heavy (non-hydrogen) atoms. The number of aryl methyl sites for hydroxylation is 1. The van der Waals surface area contributed by atoms with Crippen molar-refractivity contribution in [2.45, 2.75) is 31.6 Å². The minimum Gasteiger partial charge on any atom is -0.379 e. The van der Waals surface area contributed by atoms with Gasteiger partial charge in [-0.05, 0) is 48.2 Å². The first kappa shape index (κ1) is 21.8. The van der Waals surface area contributed by atoms with Gasteiger partial charge >= 0.3 is 0 Å². The lowest BCUT2D eigenvalue weighted by Gasteiger charge is -2.26. The zero-order valence-corrected chi connectivity index (χ0v) is 18.1. The number of benzene rings is 2. The van der Waals surface area contributed by atoms with E-state index in [9.17, 15) is 13.2 Å². The van der Waals surface area contributed by atoms with Gasteiger partial charge in [-0.1, -0.05) is 37.6 Å². The first-order valence-electron chi connectivity index (χ1n) is 9.68. The molecule has 0 bridgehead atoms. The van der Waals surface area contributed by atoms with E-state index in [2.05, 4.69) is 5.32 Å². The van der Waals surface area contributed by atoms with Crippen LogP contribution in [0.1, 0.15) is 35.3 Å². The summed E-state index contributed by atoms with van der Waals surface area (Å²) in [5, 5.41) is 3.55. The molecule has 0 aliphatic carbocycles. The summed E-state index contributed by atoms with van der Waals surface area (Å²) < 4.78 is 32.4. The lowest BCUT2D eigenvalue weighted by molar-refractivity contribution is 0.0730. The maximum Gasteiger partial charge on any atom is 0.255 e. The minimum atomic E-state index is -3.67. The Morgan fingerprint density at radius 3 is 2.52 bits per heavy atom. The fraction of sp³-hybridized carbons (Fsp3) is 0.381. The largest absolute Gasteiger partial charge is 0.379 e. The van der Waals surface area contributed by atoms with Crippen molar-refractivity contribution in [3.63, 3.8) is 0 Å². The van der Waals surface area contributed by atoms with E-state index in [1.165, 1.54) is 16.4 Å². The predicted molar refractivity (Wildman–Crippen MR) is 114 cm³/mol. The van der Waals surface area contributed by atoms with Crippen LogP contribution in [0.3, 0.4) is 0 Å². The average molecular weight is 437 g/mol. The van der Waals surface area contributed by atoms with Gasteiger partial charge in [0.25, 0.3) is 5.91 Å². The summed E-state index contributed by atoms with van der Waals surface area (Å²) in [6, 6.07) is 9.86. The summed E-state index contributed by atoms with van der Waals surface area (Å²) in [6.45, 7) is 5.34. The number of morpholine rings is 1. The Balaban J connectivity index is 1.90. The summed E-state index contributed by atoms with van der Waals surface area (Å²) in [6.07, 6.45) is 1.42. The third-order valence-corrected chi connectivity index (χ3v) is 7.27. The normalized spacial score (nSPS) is 15.3. The van der Waals surface area contributed by atoms with E-state index in [1.54, 1.807) is 12.1 Å². The van der Waals surface area contributed by atoms with Gasteiger partial charge in [0.1, 0.15) is 0 Å². The monoisotopic (exact) mass is 436 g/mol. The number of halogens is 1. The fourth-order valence-electron chi connectivity index (χ4n) is 3.39. The number of nitrogens with one attached hydrogen (secondary N) is 1. The van der Waals surface area contributed by atoms with E-state index in [4.69, 9.17) is 16.3 Å². The Morgan fingerprint density at radius 2 is 1.86 bits per heavy atom. The van der Waals surface area contributed by atoms with Gasteiger partial charge in [-0.2, -0.15) is 4.31 Å². The predicted octanol–water partition coefficient (Wildman–Crippen LogP) is 3.74. The number of sulfonamides is 1. The van der Waals surface area contributed by atoms with Crippen LogP contribution in [-0.2, 0) is 27.6 Å². The molecule has 0 radical (unpaired) electrons. The molecule has 2 aromatic rings. The fourth-order valence-corrected chi connectivity index (χ4v) is 5.13. The van der Waals surface area contributed by atoms with Crippen LogP contribution >= 0.6 is 11.6 Å². The number of carbonyl (C=O) groups excluding carboxylic acids is 1. The molecule has 0 atom stereocenters. The van der Waals surface area contributed by atoms with E-state index >= 15 is 0 Å². The molecule has 156 valence electrons. The maximum absolute atomic E-state index is 12.9. The van der Waals surface area contributed by atoms with Crippen LogP contribution in [0.4, 0.5) is 5.69 Å².